The van der Waals surface area contributed by atoms with Crippen LogP contribution in [-0.4, -0.2) is 11.7 Å². The molecule has 0 aromatic heterocycles. The van der Waals surface area contributed by atoms with E-state index < -0.39 is 6.10 Å². The van der Waals surface area contributed by atoms with Crippen molar-refractivity contribution in [1.82, 2.24) is 0 Å². The second-order valence-corrected chi connectivity index (χ2v) is 6.95. The Morgan fingerprint density at radius 1 is 1.19 bits per heavy atom. The minimum atomic E-state index is -0.862. The van der Waals surface area contributed by atoms with Crippen LogP contribution in [0.3, 0.4) is 0 Å². The van der Waals surface area contributed by atoms with Crippen LogP contribution in [0.1, 0.15) is 36.6 Å². The maximum Gasteiger partial charge on any atom is 0.124 e. The van der Waals surface area contributed by atoms with Crippen LogP contribution in [0, 0.1) is 5.82 Å². The molecule has 0 aliphatic carbocycles. The Hall–Kier alpha value is -1.39. The van der Waals surface area contributed by atoms with Crippen molar-refractivity contribution in [3.8, 4) is 5.75 Å². The molecule has 1 aliphatic rings. The van der Waals surface area contributed by atoms with E-state index in [0.29, 0.717) is 16.6 Å². The van der Waals surface area contributed by atoms with Crippen molar-refractivity contribution in [3.05, 3.63) is 63.4 Å². The van der Waals surface area contributed by atoms with Crippen LogP contribution in [0.15, 0.2) is 40.9 Å². The van der Waals surface area contributed by atoms with Crippen LogP contribution >= 0.6 is 15.9 Å². The van der Waals surface area contributed by atoms with Crippen LogP contribution in [0.2, 0.25) is 0 Å². The fourth-order valence-corrected chi connectivity index (χ4v) is 3.12. The second kappa shape index (κ2) is 5.11. The zero-order valence-electron chi connectivity index (χ0n) is 11.9. The van der Waals surface area contributed by atoms with Gasteiger partial charge in [-0.2, -0.15) is 0 Å². The molecule has 2 aromatic carbocycles. The lowest BCUT2D eigenvalue weighted by molar-refractivity contribution is 0.219. The van der Waals surface area contributed by atoms with Gasteiger partial charge >= 0.3 is 0 Å². The fraction of sp³-hybridized carbons (Fsp3) is 0.294. The molecule has 2 nitrogen and oxygen atoms in total. The van der Waals surface area contributed by atoms with E-state index in [4.69, 9.17) is 4.74 Å². The van der Waals surface area contributed by atoms with Crippen LogP contribution in [0.5, 0.6) is 5.75 Å². The van der Waals surface area contributed by atoms with E-state index in [-0.39, 0.29) is 11.2 Å². The molecule has 0 spiro atoms. The first-order valence-corrected chi connectivity index (χ1v) is 7.57. The van der Waals surface area contributed by atoms with Crippen molar-refractivity contribution < 1.29 is 14.2 Å². The van der Waals surface area contributed by atoms with Crippen molar-refractivity contribution in [2.75, 3.05) is 6.61 Å². The molecule has 1 N–H and O–H groups in total. The Balaban J connectivity index is 2.01. The summed E-state index contributed by atoms with van der Waals surface area (Å²) in [5.74, 6) is 0.486. The van der Waals surface area contributed by atoms with Crippen molar-refractivity contribution in [3.63, 3.8) is 0 Å². The summed E-state index contributed by atoms with van der Waals surface area (Å²) in [5, 5.41) is 10.5. The molecule has 3 rings (SSSR count). The van der Waals surface area contributed by atoms with Gasteiger partial charge in [0.05, 0.1) is 6.61 Å². The molecular weight excluding hydrogens is 335 g/mol. The Morgan fingerprint density at radius 3 is 2.67 bits per heavy atom. The van der Waals surface area contributed by atoms with Crippen LogP contribution in [-0.2, 0) is 5.41 Å². The number of benzene rings is 2. The molecule has 0 fully saturated rings. The lowest BCUT2D eigenvalue weighted by atomic mass is 9.85. The van der Waals surface area contributed by atoms with Crippen LogP contribution in [0.4, 0.5) is 4.39 Å². The second-order valence-electron chi connectivity index (χ2n) is 6.03. The topological polar surface area (TPSA) is 29.5 Å². The number of rotatable bonds is 2. The third kappa shape index (κ3) is 2.70. The molecule has 1 atom stereocenters. The standard InChI is InChI=1S/C17H16BrFO2/c1-17(2)9-21-15-4-3-10(7-14(15)17)16(20)11-5-12(18)8-13(19)6-11/h3-8,16,20H,9H2,1-2H3. The van der Waals surface area contributed by atoms with E-state index in [2.05, 4.69) is 29.8 Å². The number of halogens is 2. The van der Waals surface area contributed by atoms with Gasteiger partial charge in [0.1, 0.15) is 17.7 Å². The third-order valence-corrected chi connectivity index (χ3v) is 4.30. The molecule has 21 heavy (non-hydrogen) atoms. The average Bonchev–Trinajstić information content (AvgIpc) is 2.72. The van der Waals surface area contributed by atoms with E-state index in [0.717, 1.165) is 16.9 Å². The average molecular weight is 351 g/mol. The molecule has 1 aliphatic heterocycles. The predicted molar refractivity (Wildman–Crippen MR) is 83.1 cm³/mol. The van der Waals surface area contributed by atoms with Crippen molar-refractivity contribution in [2.45, 2.75) is 25.4 Å². The van der Waals surface area contributed by atoms with E-state index in [9.17, 15) is 9.50 Å². The molecule has 0 radical (unpaired) electrons. The Morgan fingerprint density at radius 2 is 1.95 bits per heavy atom. The Kier molecular flexibility index (Phi) is 3.54. The molecular formula is C17H16BrFO2. The monoisotopic (exact) mass is 350 g/mol. The van der Waals surface area contributed by atoms with Gasteiger partial charge in [0.2, 0.25) is 0 Å². The SMILES string of the molecule is CC1(C)COc2ccc(C(O)c3cc(F)cc(Br)c3)cc21. The van der Waals surface area contributed by atoms with Gasteiger partial charge in [-0.25, -0.2) is 4.39 Å². The van der Waals surface area contributed by atoms with Crippen molar-refractivity contribution >= 4 is 15.9 Å². The minimum Gasteiger partial charge on any atom is -0.492 e. The fourth-order valence-electron chi connectivity index (χ4n) is 2.63. The summed E-state index contributed by atoms with van der Waals surface area (Å²) < 4.78 is 19.7. The van der Waals surface area contributed by atoms with Crippen LogP contribution in [0.25, 0.3) is 0 Å². The summed E-state index contributed by atoms with van der Waals surface area (Å²) in [6.45, 7) is 4.84. The van der Waals surface area contributed by atoms with E-state index >= 15 is 0 Å². The summed E-state index contributed by atoms with van der Waals surface area (Å²) in [5.41, 5.74) is 2.27. The van der Waals surface area contributed by atoms with Gasteiger partial charge < -0.3 is 9.84 Å². The van der Waals surface area contributed by atoms with Gasteiger partial charge in [0.15, 0.2) is 0 Å². The highest BCUT2D eigenvalue weighted by Crippen LogP contribution is 2.40. The summed E-state index contributed by atoms with van der Waals surface area (Å²) >= 11 is 3.25. The highest BCUT2D eigenvalue weighted by Gasteiger charge is 2.32. The molecule has 1 unspecified atom stereocenters. The predicted octanol–water partition coefficient (Wildman–Crippen LogP) is 4.34. The van der Waals surface area contributed by atoms with Gasteiger partial charge in [-0.05, 0) is 41.5 Å². The molecule has 0 amide bonds. The molecule has 0 saturated carbocycles. The van der Waals surface area contributed by atoms with E-state index in [1.54, 1.807) is 6.07 Å². The van der Waals surface area contributed by atoms with E-state index in [1.165, 1.54) is 12.1 Å². The number of ether oxygens (including phenoxy) is 1. The first-order chi connectivity index (χ1) is 9.87. The largest absolute Gasteiger partial charge is 0.492 e. The van der Waals surface area contributed by atoms with Gasteiger partial charge in [-0.15, -0.1) is 0 Å². The number of hydrogen-bond acceptors (Lipinski definition) is 2. The lowest BCUT2D eigenvalue weighted by Gasteiger charge is -2.18. The lowest BCUT2D eigenvalue weighted by Crippen LogP contribution is -2.18. The Labute approximate surface area is 131 Å². The smallest absolute Gasteiger partial charge is 0.124 e. The van der Waals surface area contributed by atoms with Gasteiger partial charge in [-0.3, -0.25) is 0 Å². The first kappa shape index (κ1) is 14.5. The molecule has 1 heterocycles. The molecule has 2 aromatic rings. The van der Waals surface area contributed by atoms with Crippen molar-refractivity contribution in [1.29, 1.82) is 0 Å². The molecule has 0 saturated heterocycles. The number of hydrogen-bond donors (Lipinski definition) is 1. The maximum absolute atomic E-state index is 13.5. The zero-order chi connectivity index (χ0) is 15.2. The quantitative estimate of drug-likeness (QED) is 0.872. The summed E-state index contributed by atoms with van der Waals surface area (Å²) in [6, 6.07) is 10.1. The Bertz CT molecular complexity index is 677. The molecule has 110 valence electrons. The number of aliphatic hydroxyl groups is 1. The minimum absolute atomic E-state index is 0.0758. The van der Waals surface area contributed by atoms with E-state index in [1.807, 2.05) is 18.2 Å². The highest BCUT2D eigenvalue weighted by atomic mass is 79.9. The van der Waals surface area contributed by atoms with Crippen LogP contribution < -0.4 is 4.74 Å². The molecule has 0 bridgehead atoms. The summed E-state index contributed by atoms with van der Waals surface area (Å²) in [4.78, 5) is 0. The van der Waals surface area contributed by atoms with Gasteiger partial charge in [0.25, 0.3) is 0 Å². The van der Waals surface area contributed by atoms with Gasteiger partial charge in [-0.1, -0.05) is 35.8 Å². The normalized spacial score (nSPS) is 17.2. The third-order valence-electron chi connectivity index (χ3n) is 3.84. The summed E-state index contributed by atoms with van der Waals surface area (Å²) in [6.07, 6.45) is -0.862. The highest BCUT2D eigenvalue weighted by molar-refractivity contribution is 9.10. The first-order valence-electron chi connectivity index (χ1n) is 6.78. The van der Waals surface area contributed by atoms with Gasteiger partial charge in [0, 0.05) is 15.5 Å². The summed E-state index contributed by atoms with van der Waals surface area (Å²) in [7, 11) is 0. The number of fused-ring (bicyclic) bond motifs is 1. The zero-order valence-corrected chi connectivity index (χ0v) is 13.4. The maximum atomic E-state index is 13.5. The molecule has 4 heteroatoms. The van der Waals surface area contributed by atoms with Crippen molar-refractivity contribution in [2.24, 2.45) is 0 Å². The number of aliphatic hydroxyl groups excluding tert-OH is 1.